The minimum absolute atomic E-state index is 0. The third-order valence-corrected chi connectivity index (χ3v) is 3.36. The van der Waals surface area contributed by atoms with Gasteiger partial charge in [0.05, 0.1) is 6.54 Å². The Labute approximate surface area is 118 Å². The van der Waals surface area contributed by atoms with E-state index in [2.05, 4.69) is 15.5 Å². The van der Waals surface area contributed by atoms with Gasteiger partial charge in [0.25, 0.3) is 0 Å². The molecule has 0 radical (unpaired) electrons. The van der Waals surface area contributed by atoms with Crippen LogP contribution in [0.15, 0.2) is 4.52 Å². The highest BCUT2D eigenvalue weighted by Crippen LogP contribution is 2.31. The smallest absolute Gasteiger partial charge is 0.248 e. The fraction of sp³-hybridized carbons (Fsp3) is 0.750. The molecule has 1 saturated carbocycles. The van der Waals surface area contributed by atoms with Crippen molar-refractivity contribution >= 4 is 18.3 Å². The lowest BCUT2D eigenvalue weighted by Gasteiger charge is -2.17. The number of nitrogens with zero attached hydrogens (tertiary/aromatic N) is 2. The Morgan fingerprint density at radius 3 is 2.79 bits per heavy atom. The van der Waals surface area contributed by atoms with Crippen LogP contribution in [0.25, 0.3) is 0 Å². The number of hydrogen-bond donors (Lipinski definition) is 2. The summed E-state index contributed by atoms with van der Waals surface area (Å²) in [6.45, 7) is 1.78. The number of carbonyl (C=O) groups excluding carboxylic acids is 1. The van der Waals surface area contributed by atoms with Gasteiger partial charge >= 0.3 is 0 Å². The van der Waals surface area contributed by atoms with E-state index < -0.39 is 0 Å². The van der Waals surface area contributed by atoms with Crippen LogP contribution in [0.4, 0.5) is 0 Å². The first kappa shape index (κ1) is 15.9. The predicted octanol–water partition coefficient (Wildman–Crippen LogP) is 1.67. The molecule has 1 unspecified atom stereocenters. The van der Waals surface area contributed by atoms with Crippen LogP contribution in [0.1, 0.15) is 62.7 Å². The number of hydrogen-bond acceptors (Lipinski definition) is 5. The summed E-state index contributed by atoms with van der Waals surface area (Å²) in [5.74, 6) is 1.42. The zero-order valence-electron chi connectivity index (χ0n) is 11.1. The summed E-state index contributed by atoms with van der Waals surface area (Å²) in [4.78, 5) is 15.6. The lowest BCUT2D eigenvalue weighted by Crippen LogP contribution is -2.32. The van der Waals surface area contributed by atoms with Crippen molar-refractivity contribution in [1.82, 2.24) is 15.5 Å². The second kappa shape index (κ2) is 7.45. The van der Waals surface area contributed by atoms with Gasteiger partial charge in [-0.15, -0.1) is 12.4 Å². The zero-order valence-corrected chi connectivity index (χ0v) is 11.9. The summed E-state index contributed by atoms with van der Waals surface area (Å²) in [6, 6.07) is -0.286. The normalized spacial score (nSPS) is 17.6. The number of amides is 1. The Hall–Kier alpha value is -1.14. The van der Waals surface area contributed by atoms with Gasteiger partial charge in [0.2, 0.25) is 11.8 Å². The van der Waals surface area contributed by atoms with E-state index in [1.807, 2.05) is 6.92 Å². The molecule has 3 N–H and O–H groups in total. The van der Waals surface area contributed by atoms with Crippen molar-refractivity contribution < 1.29 is 9.32 Å². The fourth-order valence-electron chi connectivity index (χ4n) is 2.31. The van der Waals surface area contributed by atoms with Crippen LogP contribution in [0.3, 0.4) is 0 Å². The van der Waals surface area contributed by atoms with E-state index in [0.717, 1.165) is 18.7 Å². The molecule has 1 aliphatic carbocycles. The maximum atomic E-state index is 11.2. The van der Waals surface area contributed by atoms with Gasteiger partial charge in [-0.25, -0.2) is 0 Å². The van der Waals surface area contributed by atoms with E-state index in [4.69, 9.17) is 10.3 Å². The van der Waals surface area contributed by atoms with Crippen LogP contribution in [0.2, 0.25) is 0 Å². The summed E-state index contributed by atoms with van der Waals surface area (Å²) >= 11 is 0. The van der Waals surface area contributed by atoms with E-state index in [1.54, 1.807) is 0 Å². The van der Waals surface area contributed by atoms with Crippen molar-refractivity contribution in [2.45, 2.75) is 51.0 Å². The number of nitrogens with one attached hydrogen (secondary N) is 1. The average molecular weight is 289 g/mol. The van der Waals surface area contributed by atoms with E-state index in [9.17, 15) is 4.79 Å². The van der Waals surface area contributed by atoms with E-state index in [0.29, 0.717) is 11.8 Å². The number of halogens is 1. The molecule has 6 nitrogen and oxygen atoms in total. The summed E-state index contributed by atoms with van der Waals surface area (Å²) in [5, 5.41) is 6.73. The Morgan fingerprint density at radius 1 is 1.47 bits per heavy atom. The van der Waals surface area contributed by atoms with Gasteiger partial charge in [0.1, 0.15) is 6.04 Å². The van der Waals surface area contributed by atoms with Crippen LogP contribution < -0.4 is 11.1 Å². The zero-order chi connectivity index (χ0) is 13.0. The van der Waals surface area contributed by atoms with Crippen LogP contribution in [0.5, 0.6) is 0 Å². The van der Waals surface area contributed by atoms with Gasteiger partial charge in [-0.2, -0.15) is 4.98 Å². The lowest BCUT2D eigenvalue weighted by molar-refractivity contribution is -0.120. The highest BCUT2D eigenvalue weighted by atomic mass is 35.5. The summed E-state index contributed by atoms with van der Waals surface area (Å²) in [6.07, 6.45) is 6.01. The molecule has 1 heterocycles. The molecule has 1 fully saturated rings. The van der Waals surface area contributed by atoms with Crippen LogP contribution in [-0.2, 0) is 4.79 Å². The highest BCUT2D eigenvalue weighted by molar-refractivity contribution is 5.85. The largest absolute Gasteiger partial charge is 0.343 e. The van der Waals surface area contributed by atoms with Gasteiger partial charge in [0, 0.05) is 5.92 Å². The Bertz CT molecular complexity index is 404. The van der Waals surface area contributed by atoms with Crippen molar-refractivity contribution in [3.63, 3.8) is 0 Å². The van der Waals surface area contributed by atoms with Gasteiger partial charge < -0.3 is 15.6 Å². The van der Waals surface area contributed by atoms with Gasteiger partial charge in [-0.05, 0) is 19.8 Å². The molecule has 0 spiro atoms. The Morgan fingerprint density at radius 2 is 2.16 bits per heavy atom. The van der Waals surface area contributed by atoms with Crippen LogP contribution >= 0.6 is 12.4 Å². The van der Waals surface area contributed by atoms with E-state index in [1.165, 1.54) is 19.3 Å². The third kappa shape index (κ3) is 4.18. The fourth-order valence-corrected chi connectivity index (χ4v) is 2.31. The van der Waals surface area contributed by atoms with Gasteiger partial charge in [-0.1, -0.05) is 24.4 Å². The topological polar surface area (TPSA) is 94.0 Å². The number of carbonyl (C=O) groups is 1. The molecule has 2 rings (SSSR count). The molecule has 1 atom stereocenters. The van der Waals surface area contributed by atoms with Crippen molar-refractivity contribution in [2.24, 2.45) is 5.73 Å². The molecular weight excluding hydrogens is 268 g/mol. The second-order valence-corrected chi connectivity index (χ2v) is 4.82. The summed E-state index contributed by atoms with van der Waals surface area (Å²) in [7, 11) is 0. The predicted molar refractivity (Wildman–Crippen MR) is 73.0 cm³/mol. The van der Waals surface area contributed by atoms with Gasteiger partial charge in [-0.3, -0.25) is 4.79 Å². The third-order valence-electron chi connectivity index (χ3n) is 3.36. The molecule has 1 aromatic heterocycles. The molecule has 0 saturated heterocycles. The Balaban J connectivity index is 0.00000180. The first-order chi connectivity index (χ1) is 8.70. The first-order valence-electron chi connectivity index (χ1n) is 6.53. The Kier molecular flexibility index (Phi) is 6.24. The SMILES string of the molecule is CC(NC(=O)CN)c1nc(C2CCCCC2)no1.Cl. The minimum Gasteiger partial charge on any atom is -0.343 e. The summed E-state index contributed by atoms with van der Waals surface area (Å²) in [5.41, 5.74) is 5.24. The molecule has 19 heavy (non-hydrogen) atoms. The maximum Gasteiger partial charge on any atom is 0.248 e. The van der Waals surface area contributed by atoms with Crippen molar-refractivity contribution in [2.75, 3.05) is 6.54 Å². The molecule has 1 aliphatic rings. The minimum atomic E-state index is -0.286. The van der Waals surface area contributed by atoms with Crippen molar-refractivity contribution in [1.29, 1.82) is 0 Å². The first-order valence-corrected chi connectivity index (χ1v) is 6.53. The molecule has 1 aromatic rings. The molecule has 0 aromatic carbocycles. The number of rotatable bonds is 4. The molecule has 0 bridgehead atoms. The average Bonchev–Trinajstić information content (AvgIpc) is 2.89. The van der Waals surface area contributed by atoms with Crippen LogP contribution in [-0.4, -0.2) is 22.6 Å². The number of aromatic nitrogens is 2. The quantitative estimate of drug-likeness (QED) is 0.879. The molecular formula is C12H21ClN4O2. The molecule has 108 valence electrons. The van der Waals surface area contributed by atoms with Crippen molar-refractivity contribution in [3.8, 4) is 0 Å². The van der Waals surface area contributed by atoms with Gasteiger partial charge in [0.15, 0.2) is 5.82 Å². The lowest BCUT2D eigenvalue weighted by atomic mass is 9.89. The maximum absolute atomic E-state index is 11.2. The standard InChI is InChI=1S/C12H20N4O2.ClH/c1-8(14-10(17)7-13)12-15-11(16-18-12)9-5-3-2-4-6-9;/h8-9H,2-7,13H2,1H3,(H,14,17);1H. The van der Waals surface area contributed by atoms with E-state index >= 15 is 0 Å². The molecule has 1 amide bonds. The second-order valence-electron chi connectivity index (χ2n) is 4.82. The number of nitrogens with two attached hydrogens (primary N) is 1. The summed E-state index contributed by atoms with van der Waals surface area (Å²) < 4.78 is 5.21. The highest BCUT2D eigenvalue weighted by Gasteiger charge is 2.23. The monoisotopic (exact) mass is 288 g/mol. The van der Waals surface area contributed by atoms with E-state index in [-0.39, 0.29) is 30.9 Å². The molecule has 7 heteroatoms. The van der Waals surface area contributed by atoms with Crippen LogP contribution in [0, 0.1) is 0 Å². The molecule has 0 aliphatic heterocycles. The van der Waals surface area contributed by atoms with Crippen molar-refractivity contribution in [3.05, 3.63) is 11.7 Å².